The second kappa shape index (κ2) is 7.92. The quantitative estimate of drug-likeness (QED) is 0.553. The van der Waals surface area contributed by atoms with E-state index in [1.807, 2.05) is 18.3 Å². The molecule has 1 amide bonds. The van der Waals surface area contributed by atoms with Crippen molar-refractivity contribution in [1.29, 1.82) is 0 Å². The van der Waals surface area contributed by atoms with Crippen molar-refractivity contribution >= 4 is 34.5 Å². The highest BCUT2D eigenvalue weighted by atomic mass is 16.3. The van der Waals surface area contributed by atoms with Crippen LogP contribution in [-0.2, 0) is 11.2 Å². The van der Waals surface area contributed by atoms with Crippen molar-refractivity contribution < 1.29 is 9.90 Å². The first-order valence-corrected chi connectivity index (χ1v) is 9.44. The van der Waals surface area contributed by atoms with Gasteiger partial charge in [0.15, 0.2) is 0 Å². The van der Waals surface area contributed by atoms with Gasteiger partial charge in [-0.25, -0.2) is 9.97 Å². The summed E-state index contributed by atoms with van der Waals surface area (Å²) in [5, 5.41) is 13.7. The van der Waals surface area contributed by atoms with E-state index < -0.39 is 0 Å². The van der Waals surface area contributed by atoms with Crippen molar-refractivity contribution in [3.05, 3.63) is 42.4 Å². The van der Waals surface area contributed by atoms with Gasteiger partial charge < -0.3 is 21.1 Å². The van der Waals surface area contributed by atoms with Crippen LogP contribution in [0.2, 0.25) is 0 Å². The normalized spacial score (nSPS) is 18.3. The van der Waals surface area contributed by atoms with E-state index in [9.17, 15) is 9.90 Å². The Bertz CT molecular complexity index is 1100. The first-order chi connectivity index (χ1) is 14.1. The number of nitrogens with zero attached hydrogens (tertiary/aromatic N) is 4. The number of aromatic nitrogens is 3. The van der Waals surface area contributed by atoms with Crippen molar-refractivity contribution in [3.63, 3.8) is 0 Å². The molecule has 29 heavy (non-hydrogen) atoms. The highest BCUT2D eigenvalue weighted by Crippen LogP contribution is 2.38. The number of carbonyl (C=O) groups excluding carboxylic acids is 1. The topological polar surface area (TPSA) is 126 Å². The standard InChI is InChI=1S/C21H22N6O2/c1-23-9-14-6-15(14)21(29)27-19-8-13-7-18(26-20(22)17(13)11-25-19)16-10-24-4-2-12(16)3-5-28/h2,4,7-11,14-15,28H,3,5-6H2,1H3,(H2,22,26)(H,25,27,29)/t14-,15+/m1/s1. The molecule has 0 saturated heterocycles. The van der Waals surface area contributed by atoms with E-state index in [1.54, 1.807) is 31.7 Å². The van der Waals surface area contributed by atoms with E-state index in [-0.39, 0.29) is 24.3 Å². The zero-order chi connectivity index (χ0) is 20.4. The molecular weight excluding hydrogens is 368 g/mol. The number of carbonyl (C=O) groups is 1. The SMILES string of the molecule is CN=C[C@H]1C[C@@H]1C(=O)Nc1cc2cc(-c3cnccc3CCO)nc(N)c2cn1. The van der Waals surface area contributed by atoms with Crippen LogP contribution in [0, 0.1) is 11.8 Å². The summed E-state index contributed by atoms with van der Waals surface area (Å²) in [6.45, 7) is 0.0328. The van der Waals surface area contributed by atoms with E-state index in [2.05, 4.69) is 25.3 Å². The molecule has 148 valence electrons. The summed E-state index contributed by atoms with van der Waals surface area (Å²) in [6, 6.07) is 5.55. The number of amides is 1. The summed E-state index contributed by atoms with van der Waals surface area (Å²) in [5.74, 6) is 0.928. The minimum Gasteiger partial charge on any atom is -0.396 e. The molecule has 0 bridgehead atoms. The Labute approximate surface area is 167 Å². The maximum Gasteiger partial charge on any atom is 0.229 e. The second-order valence-corrected chi connectivity index (χ2v) is 7.09. The number of aliphatic imine (C=N–C) groups is 1. The van der Waals surface area contributed by atoms with Crippen LogP contribution in [0.4, 0.5) is 11.6 Å². The third-order valence-corrected chi connectivity index (χ3v) is 5.08. The molecule has 3 aromatic heterocycles. The third kappa shape index (κ3) is 3.93. The molecule has 0 spiro atoms. The Morgan fingerprint density at radius 3 is 3.07 bits per heavy atom. The number of rotatable bonds is 6. The van der Waals surface area contributed by atoms with Crippen LogP contribution in [0.1, 0.15) is 12.0 Å². The molecule has 4 N–H and O–H groups in total. The Morgan fingerprint density at radius 2 is 2.28 bits per heavy atom. The molecule has 0 aromatic carbocycles. The fourth-order valence-corrected chi connectivity index (χ4v) is 3.46. The monoisotopic (exact) mass is 390 g/mol. The molecule has 8 nitrogen and oxygen atoms in total. The van der Waals surface area contributed by atoms with Gasteiger partial charge >= 0.3 is 0 Å². The van der Waals surface area contributed by atoms with Gasteiger partial charge in [0.05, 0.1) is 5.69 Å². The van der Waals surface area contributed by atoms with Gasteiger partial charge in [0.2, 0.25) is 5.91 Å². The number of fused-ring (bicyclic) bond motifs is 1. The minimum atomic E-state index is -0.0542. The highest BCUT2D eigenvalue weighted by molar-refractivity contribution is 5.99. The fourth-order valence-electron chi connectivity index (χ4n) is 3.46. The molecule has 1 fully saturated rings. The molecule has 0 unspecified atom stereocenters. The Morgan fingerprint density at radius 1 is 1.41 bits per heavy atom. The number of nitrogens with one attached hydrogen (secondary N) is 1. The van der Waals surface area contributed by atoms with E-state index in [1.165, 1.54) is 0 Å². The van der Waals surface area contributed by atoms with Gasteiger partial charge in [-0.1, -0.05) is 0 Å². The zero-order valence-corrected chi connectivity index (χ0v) is 16.0. The van der Waals surface area contributed by atoms with E-state index in [0.29, 0.717) is 29.1 Å². The Kier molecular flexibility index (Phi) is 5.18. The lowest BCUT2D eigenvalue weighted by molar-refractivity contribution is -0.117. The molecular formula is C21H22N6O2. The number of pyridine rings is 3. The van der Waals surface area contributed by atoms with Gasteiger partial charge in [-0.15, -0.1) is 0 Å². The third-order valence-electron chi connectivity index (χ3n) is 5.08. The lowest BCUT2D eigenvalue weighted by Gasteiger charge is -2.11. The highest BCUT2D eigenvalue weighted by Gasteiger charge is 2.41. The molecule has 3 heterocycles. The van der Waals surface area contributed by atoms with Gasteiger partial charge in [0.25, 0.3) is 0 Å². The van der Waals surface area contributed by atoms with E-state index >= 15 is 0 Å². The van der Waals surface area contributed by atoms with Crippen molar-refractivity contribution in [2.75, 3.05) is 24.7 Å². The maximum absolute atomic E-state index is 12.4. The van der Waals surface area contributed by atoms with Crippen LogP contribution >= 0.6 is 0 Å². The number of aliphatic hydroxyl groups is 1. The number of anilines is 2. The molecule has 0 radical (unpaired) electrons. The Hall–Kier alpha value is -3.39. The average Bonchev–Trinajstić information content (AvgIpc) is 3.48. The summed E-state index contributed by atoms with van der Waals surface area (Å²) >= 11 is 0. The number of hydrogen-bond donors (Lipinski definition) is 3. The van der Waals surface area contributed by atoms with Crippen molar-refractivity contribution in [1.82, 2.24) is 15.0 Å². The zero-order valence-electron chi connectivity index (χ0n) is 16.0. The van der Waals surface area contributed by atoms with Crippen molar-refractivity contribution in [2.24, 2.45) is 16.8 Å². The van der Waals surface area contributed by atoms with Crippen LogP contribution in [-0.4, -0.2) is 45.8 Å². The maximum atomic E-state index is 12.4. The van der Waals surface area contributed by atoms with Crippen LogP contribution in [0.3, 0.4) is 0 Å². The lowest BCUT2D eigenvalue weighted by atomic mass is 10.0. The number of aliphatic hydroxyl groups excluding tert-OH is 1. The fraction of sp³-hybridized carbons (Fsp3) is 0.286. The number of hydrogen-bond acceptors (Lipinski definition) is 7. The largest absolute Gasteiger partial charge is 0.396 e. The Balaban J connectivity index is 1.65. The van der Waals surface area contributed by atoms with Crippen molar-refractivity contribution in [3.8, 4) is 11.3 Å². The summed E-state index contributed by atoms with van der Waals surface area (Å²) < 4.78 is 0. The molecule has 0 aliphatic heterocycles. The minimum absolute atomic E-state index is 0.0328. The van der Waals surface area contributed by atoms with Gasteiger partial charge in [0, 0.05) is 61.2 Å². The summed E-state index contributed by atoms with van der Waals surface area (Å²) in [6.07, 6.45) is 8.14. The number of nitrogens with two attached hydrogens (primary N) is 1. The molecule has 8 heteroatoms. The van der Waals surface area contributed by atoms with Crippen LogP contribution < -0.4 is 11.1 Å². The van der Waals surface area contributed by atoms with Gasteiger partial charge in [-0.2, -0.15) is 0 Å². The second-order valence-electron chi connectivity index (χ2n) is 7.09. The smallest absolute Gasteiger partial charge is 0.229 e. The predicted octanol–water partition coefficient (Wildman–Crippen LogP) is 2.08. The molecule has 2 atom stereocenters. The van der Waals surface area contributed by atoms with Crippen LogP contribution in [0.25, 0.3) is 22.0 Å². The summed E-state index contributed by atoms with van der Waals surface area (Å²) in [4.78, 5) is 29.3. The van der Waals surface area contributed by atoms with Gasteiger partial charge in [0.1, 0.15) is 11.6 Å². The molecule has 1 saturated carbocycles. The van der Waals surface area contributed by atoms with E-state index in [4.69, 9.17) is 5.73 Å². The summed E-state index contributed by atoms with van der Waals surface area (Å²) in [7, 11) is 1.71. The molecule has 1 aliphatic carbocycles. The van der Waals surface area contributed by atoms with Crippen molar-refractivity contribution in [2.45, 2.75) is 12.8 Å². The van der Waals surface area contributed by atoms with E-state index in [0.717, 1.165) is 22.9 Å². The van der Waals surface area contributed by atoms with Gasteiger partial charge in [-0.05, 0) is 42.0 Å². The summed E-state index contributed by atoms with van der Waals surface area (Å²) in [5.41, 5.74) is 8.58. The average molecular weight is 390 g/mol. The van der Waals surface area contributed by atoms with Crippen LogP contribution in [0.15, 0.2) is 41.8 Å². The molecule has 1 aliphatic rings. The predicted molar refractivity (Wildman–Crippen MR) is 113 cm³/mol. The first-order valence-electron chi connectivity index (χ1n) is 9.44. The van der Waals surface area contributed by atoms with Gasteiger partial charge in [-0.3, -0.25) is 9.78 Å². The lowest BCUT2D eigenvalue weighted by Crippen LogP contribution is -2.16. The first kappa shape index (κ1) is 18.9. The molecule has 3 aromatic rings. The van der Waals surface area contributed by atoms with Crippen LogP contribution in [0.5, 0.6) is 0 Å². The molecule has 4 rings (SSSR count). The number of nitrogen functional groups attached to an aromatic ring is 1.